The molecule has 10 aromatic carbocycles. The molecule has 0 aliphatic heterocycles. The Kier molecular flexibility index (Phi) is 12.7. The van der Waals surface area contributed by atoms with Crippen LogP contribution in [0.2, 0.25) is 0 Å². The first kappa shape index (κ1) is 51.5. The van der Waals surface area contributed by atoms with Crippen molar-refractivity contribution in [1.29, 1.82) is 0 Å². The molecule has 14 rings (SSSR count). The molecule has 0 fully saturated rings. The van der Waals surface area contributed by atoms with Gasteiger partial charge in [0.1, 0.15) is 34.3 Å². The minimum absolute atomic E-state index is 0.183. The summed E-state index contributed by atoms with van der Waals surface area (Å²) < 4.78 is 19.3. The van der Waals surface area contributed by atoms with E-state index in [0.29, 0.717) is 11.5 Å². The Balaban J connectivity index is 0.994. The monoisotopic (exact) mass is 1080 g/mol. The minimum Gasteiger partial charge on any atom is -0.457 e. The van der Waals surface area contributed by atoms with Crippen LogP contribution in [0, 0.1) is 6.92 Å². The summed E-state index contributed by atoms with van der Waals surface area (Å²) >= 11 is 0. The molecule has 0 bridgehead atoms. The minimum atomic E-state index is 0.183. The molecule has 0 aliphatic carbocycles. The zero-order valence-electron chi connectivity index (χ0n) is 48.5. The number of aryl methyl sites for hydroxylation is 1. The highest BCUT2D eigenvalue weighted by Gasteiger charge is 2.28. The number of para-hydroxylation sites is 4. The predicted molar refractivity (Wildman–Crippen MR) is 345 cm³/mol. The number of rotatable bonds is 12. The van der Waals surface area contributed by atoms with E-state index >= 15 is 0 Å². The quantitative estimate of drug-likeness (QED) is 0.114. The average molecular weight is 1080 g/mol. The smallest absolute Gasteiger partial charge is 0.149 e. The van der Waals surface area contributed by atoms with Gasteiger partial charge in [-0.25, -0.2) is 9.97 Å². The molecule has 4 heterocycles. The summed E-state index contributed by atoms with van der Waals surface area (Å²) in [6, 6.07) is 73.5. The van der Waals surface area contributed by atoms with Gasteiger partial charge in [-0.1, -0.05) is 177 Å². The van der Waals surface area contributed by atoms with Crippen LogP contribution >= 0.6 is 0 Å². The van der Waals surface area contributed by atoms with Gasteiger partial charge < -0.3 is 9.15 Å². The first-order valence-corrected chi connectivity index (χ1v) is 29.3. The maximum atomic E-state index is 7.28. The van der Waals surface area contributed by atoms with Gasteiger partial charge in [0, 0.05) is 32.8 Å². The number of fused-ring (bicyclic) bond motifs is 8. The number of imidazole rings is 2. The van der Waals surface area contributed by atoms with Crippen LogP contribution in [-0.2, 0) is 0 Å². The summed E-state index contributed by atoms with van der Waals surface area (Å²) in [7, 11) is 0. The van der Waals surface area contributed by atoms with Crippen LogP contribution in [0.1, 0.15) is 107 Å². The van der Waals surface area contributed by atoms with Crippen LogP contribution in [0.5, 0.6) is 11.5 Å². The molecule has 0 N–H and O–H groups in total. The highest BCUT2D eigenvalue weighted by molar-refractivity contribution is 6.17. The molecule has 0 unspecified atom stereocenters. The molecule has 7 nitrogen and oxygen atoms in total. The molecule has 83 heavy (non-hydrogen) atoms. The number of benzene rings is 10. The highest BCUT2D eigenvalue weighted by atomic mass is 16.5. The Morgan fingerprint density at radius 1 is 0.361 bits per heavy atom. The lowest BCUT2D eigenvalue weighted by Gasteiger charge is -2.24. The summed E-state index contributed by atoms with van der Waals surface area (Å²) in [6.07, 6.45) is 0. The van der Waals surface area contributed by atoms with Crippen molar-refractivity contribution >= 4 is 65.7 Å². The van der Waals surface area contributed by atoms with Gasteiger partial charge in [0.2, 0.25) is 0 Å². The van der Waals surface area contributed by atoms with Gasteiger partial charge in [-0.2, -0.15) is 0 Å². The Morgan fingerprint density at radius 3 is 1.42 bits per heavy atom. The Bertz CT molecular complexity index is 4790. The molecule has 0 atom stereocenters. The van der Waals surface area contributed by atoms with Crippen LogP contribution in [0.3, 0.4) is 0 Å². The van der Waals surface area contributed by atoms with Crippen molar-refractivity contribution in [1.82, 2.24) is 24.1 Å². The number of furan rings is 1. The normalized spacial score (nSPS) is 12.1. The van der Waals surface area contributed by atoms with Crippen LogP contribution in [0.15, 0.2) is 211 Å². The molecule has 0 spiro atoms. The molecule has 4 aromatic heterocycles. The zero-order valence-corrected chi connectivity index (χ0v) is 48.5. The SMILES string of the molecule is Cc1nc2cc3c(cc2c2ccccc12)oc1c(-c2nc4ccccc4n2-c2c(C(C)C)cc(-c4ccccc4)cc2C(C)C)cc(Oc2cccc(-c4nc5ccccc5n4-c4c(C(C)C)cc(-c5ccccc5)cc4C(C)C)c2)cc13. The molecular formula is C76H65N5O2. The summed E-state index contributed by atoms with van der Waals surface area (Å²) in [5.74, 6) is 3.76. The van der Waals surface area contributed by atoms with Gasteiger partial charge in [0.15, 0.2) is 0 Å². The lowest BCUT2D eigenvalue weighted by Crippen LogP contribution is -2.09. The van der Waals surface area contributed by atoms with Crippen molar-refractivity contribution in [3.05, 3.63) is 234 Å². The van der Waals surface area contributed by atoms with E-state index < -0.39 is 0 Å². The van der Waals surface area contributed by atoms with E-state index in [0.717, 1.165) is 99.8 Å². The molecular weight excluding hydrogens is 1010 g/mol. The molecule has 14 aromatic rings. The summed E-state index contributed by atoms with van der Waals surface area (Å²) in [5.41, 5.74) is 21.2. The molecule has 0 saturated heterocycles. The molecule has 0 saturated carbocycles. The van der Waals surface area contributed by atoms with Gasteiger partial charge in [0.25, 0.3) is 0 Å². The van der Waals surface area contributed by atoms with Crippen molar-refractivity contribution in [2.24, 2.45) is 0 Å². The van der Waals surface area contributed by atoms with E-state index in [1.165, 1.54) is 50.2 Å². The third-order valence-corrected chi connectivity index (χ3v) is 16.7. The zero-order chi connectivity index (χ0) is 56.8. The molecule has 0 radical (unpaired) electrons. The number of nitrogens with zero attached hydrogens (tertiary/aromatic N) is 5. The van der Waals surface area contributed by atoms with Crippen LogP contribution in [0.25, 0.3) is 122 Å². The van der Waals surface area contributed by atoms with E-state index in [4.69, 9.17) is 24.1 Å². The van der Waals surface area contributed by atoms with Crippen molar-refractivity contribution in [2.75, 3.05) is 0 Å². The fourth-order valence-corrected chi connectivity index (χ4v) is 12.6. The van der Waals surface area contributed by atoms with Crippen LogP contribution in [0.4, 0.5) is 0 Å². The predicted octanol–water partition coefficient (Wildman–Crippen LogP) is 21.2. The second-order valence-electron chi connectivity index (χ2n) is 23.6. The first-order chi connectivity index (χ1) is 40.4. The number of pyridine rings is 1. The van der Waals surface area contributed by atoms with E-state index in [1.807, 2.05) is 6.07 Å². The van der Waals surface area contributed by atoms with E-state index in [-0.39, 0.29) is 23.7 Å². The van der Waals surface area contributed by atoms with Crippen molar-refractivity contribution < 1.29 is 9.15 Å². The van der Waals surface area contributed by atoms with E-state index in [1.54, 1.807) is 0 Å². The number of ether oxygens (including phenoxy) is 1. The van der Waals surface area contributed by atoms with Crippen molar-refractivity contribution in [3.63, 3.8) is 0 Å². The van der Waals surface area contributed by atoms with Gasteiger partial charge in [-0.3, -0.25) is 14.1 Å². The lowest BCUT2D eigenvalue weighted by molar-refractivity contribution is 0.483. The van der Waals surface area contributed by atoms with Gasteiger partial charge in [-0.05, 0) is 165 Å². The fraction of sp³-hybridized carbons (Fsp3) is 0.171. The maximum Gasteiger partial charge on any atom is 0.149 e. The van der Waals surface area contributed by atoms with Crippen LogP contribution < -0.4 is 4.74 Å². The second kappa shape index (κ2) is 20.4. The van der Waals surface area contributed by atoms with Crippen molar-refractivity contribution in [3.8, 4) is 67.9 Å². The molecule has 406 valence electrons. The first-order valence-electron chi connectivity index (χ1n) is 29.3. The van der Waals surface area contributed by atoms with Crippen molar-refractivity contribution in [2.45, 2.75) is 86.0 Å². The fourth-order valence-electron chi connectivity index (χ4n) is 12.6. The second-order valence-corrected chi connectivity index (χ2v) is 23.6. The standard InChI is InChI=1S/C76H65N5O2/c1-44(2)58-36-52(49-23-12-10-13-24-49)37-59(45(3)4)72(58)80-69-33-20-18-31-66(69)78-75(80)51-27-22-28-54(35-51)82-55-40-64-63-42-68-62(57-30-17-16-29-56(57)48(9)77-68)43-71(63)83-74(64)65(41-55)76-79-67-32-19-21-34-70(67)81(76)73-60(46(5)6)38-53(39-61(73)47(7)8)50-25-14-11-15-26-50/h10-47H,1-9H3. The third-order valence-electron chi connectivity index (χ3n) is 16.7. The number of hydrogen-bond acceptors (Lipinski definition) is 5. The Hall–Kier alpha value is -9.59. The van der Waals surface area contributed by atoms with Gasteiger partial charge in [0.05, 0.1) is 44.5 Å². The summed E-state index contributed by atoms with van der Waals surface area (Å²) in [5, 5.41) is 5.17. The molecule has 7 heteroatoms. The summed E-state index contributed by atoms with van der Waals surface area (Å²) in [4.78, 5) is 16.3. The Labute approximate surface area is 484 Å². The van der Waals surface area contributed by atoms with E-state index in [9.17, 15) is 0 Å². The topological polar surface area (TPSA) is 70.9 Å². The Morgan fingerprint density at radius 2 is 0.855 bits per heavy atom. The highest BCUT2D eigenvalue weighted by Crippen LogP contribution is 2.47. The maximum absolute atomic E-state index is 7.28. The summed E-state index contributed by atoms with van der Waals surface area (Å²) in [6.45, 7) is 20.5. The third kappa shape index (κ3) is 8.85. The average Bonchev–Trinajstić information content (AvgIpc) is 2.69. The lowest BCUT2D eigenvalue weighted by atomic mass is 9.88. The van der Waals surface area contributed by atoms with E-state index in [2.05, 4.69) is 272 Å². The molecule has 0 amide bonds. The van der Waals surface area contributed by atoms with Gasteiger partial charge in [-0.15, -0.1) is 0 Å². The molecule has 0 aliphatic rings. The number of aromatic nitrogens is 5. The largest absolute Gasteiger partial charge is 0.457 e. The number of hydrogen-bond donors (Lipinski definition) is 0. The van der Waals surface area contributed by atoms with Gasteiger partial charge >= 0.3 is 0 Å². The van der Waals surface area contributed by atoms with Crippen LogP contribution in [-0.4, -0.2) is 24.1 Å².